The normalized spacial score (nSPS) is 15.4. The van der Waals surface area contributed by atoms with Crippen molar-refractivity contribution in [2.75, 3.05) is 19.3 Å². The SMILES string of the molecule is CS(=O)(=O)c1ccc(C(=O)NCCN2C(=O)S/C(=C\c3ccc(OC(F)F)cc3)C2=O)cc1. The Balaban J connectivity index is 1.56. The molecule has 1 heterocycles. The second-order valence-electron chi connectivity index (χ2n) is 6.83. The van der Waals surface area contributed by atoms with Crippen LogP contribution < -0.4 is 10.1 Å². The van der Waals surface area contributed by atoms with Gasteiger partial charge in [0.15, 0.2) is 9.84 Å². The smallest absolute Gasteiger partial charge is 0.387 e. The monoisotopic (exact) mass is 496 g/mol. The number of carbonyl (C=O) groups excluding carboxylic acids is 3. The van der Waals surface area contributed by atoms with Crippen LogP contribution in [0.25, 0.3) is 6.08 Å². The summed E-state index contributed by atoms with van der Waals surface area (Å²) >= 11 is 0.728. The van der Waals surface area contributed by atoms with Crippen LogP contribution in [0.3, 0.4) is 0 Å². The lowest BCUT2D eigenvalue weighted by atomic mass is 10.2. The number of amides is 3. The van der Waals surface area contributed by atoms with E-state index in [1.54, 1.807) is 0 Å². The minimum Gasteiger partial charge on any atom is -0.435 e. The minimum absolute atomic E-state index is 0.00234. The first-order chi connectivity index (χ1) is 15.5. The van der Waals surface area contributed by atoms with Crippen LogP contribution in [0.5, 0.6) is 5.75 Å². The third-order valence-corrected chi connectivity index (χ3v) is 6.48. The summed E-state index contributed by atoms with van der Waals surface area (Å²) in [5.41, 5.74) is 0.753. The molecule has 1 N–H and O–H groups in total. The van der Waals surface area contributed by atoms with Gasteiger partial charge in [0.2, 0.25) is 0 Å². The highest BCUT2D eigenvalue weighted by Gasteiger charge is 2.34. The summed E-state index contributed by atoms with van der Waals surface area (Å²) in [7, 11) is -3.38. The second kappa shape index (κ2) is 10.1. The molecule has 3 rings (SSSR count). The zero-order valence-electron chi connectivity index (χ0n) is 17.2. The third kappa shape index (κ3) is 6.39. The molecular weight excluding hydrogens is 478 g/mol. The lowest BCUT2D eigenvalue weighted by Crippen LogP contribution is -2.37. The maximum atomic E-state index is 12.5. The molecule has 8 nitrogen and oxygen atoms in total. The maximum Gasteiger partial charge on any atom is 0.387 e. The summed E-state index contributed by atoms with van der Waals surface area (Å²) in [5.74, 6) is -1.05. The van der Waals surface area contributed by atoms with Crippen molar-refractivity contribution in [1.29, 1.82) is 0 Å². The molecule has 33 heavy (non-hydrogen) atoms. The van der Waals surface area contributed by atoms with Crippen LogP contribution in [0.1, 0.15) is 15.9 Å². The molecule has 1 aliphatic heterocycles. The average molecular weight is 497 g/mol. The highest BCUT2D eigenvalue weighted by Crippen LogP contribution is 2.32. The molecule has 0 aliphatic carbocycles. The van der Waals surface area contributed by atoms with Gasteiger partial charge >= 0.3 is 6.61 Å². The molecule has 0 radical (unpaired) electrons. The molecule has 2 aromatic carbocycles. The molecule has 174 valence electrons. The van der Waals surface area contributed by atoms with Crippen molar-refractivity contribution in [3.05, 3.63) is 64.6 Å². The Kier molecular flexibility index (Phi) is 7.49. The number of rotatable bonds is 8. The number of carbonyl (C=O) groups is 3. The van der Waals surface area contributed by atoms with Crippen molar-refractivity contribution in [2.24, 2.45) is 0 Å². The molecule has 3 amide bonds. The van der Waals surface area contributed by atoms with E-state index in [9.17, 15) is 31.6 Å². The van der Waals surface area contributed by atoms with Gasteiger partial charge in [0, 0.05) is 24.9 Å². The summed E-state index contributed by atoms with van der Waals surface area (Å²) < 4.78 is 51.7. The van der Waals surface area contributed by atoms with Crippen LogP contribution in [0, 0.1) is 0 Å². The van der Waals surface area contributed by atoms with E-state index in [2.05, 4.69) is 10.1 Å². The largest absolute Gasteiger partial charge is 0.435 e. The van der Waals surface area contributed by atoms with Gasteiger partial charge in [-0.2, -0.15) is 8.78 Å². The molecule has 1 fully saturated rings. The van der Waals surface area contributed by atoms with Gasteiger partial charge < -0.3 is 10.1 Å². The number of halogens is 2. The highest BCUT2D eigenvalue weighted by molar-refractivity contribution is 8.18. The average Bonchev–Trinajstić information content (AvgIpc) is 3.01. The Morgan fingerprint density at radius 2 is 1.76 bits per heavy atom. The van der Waals surface area contributed by atoms with E-state index in [-0.39, 0.29) is 34.2 Å². The van der Waals surface area contributed by atoms with Gasteiger partial charge in [0.25, 0.3) is 17.1 Å². The number of alkyl halides is 2. The Bertz CT molecular complexity index is 1200. The number of thioether (sulfide) groups is 1. The zero-order chi connectivity index (χ0) is 24.2. The van der Waals surface area contributed by atoms with E-state index in [1.807, 2.05) is 0 Å². The zero-order valence-corrected chi connectivity index (χ0v) is 18.8. The van der Waals surface area contributed by atoms with Gasteiger partial charge in [0.1, 0.15) is 5.75 Å². The van der Waals surface area contributed by atoms with Crippen molar-refractivity contribution < 1.29 is 36.3 Å². The quantitative estimate of drug-likeness (QED) is 0.559. The number of nitrogens with one attached hydrogen (secondary N) is 1. The number of benzene rings is 2. The summed E-state index contributed by atoms with van der Waals surface area (Å²) in [6, 6.07) is 11.0. The van der Waals surface area contributed by atoms with Crippen molar-refractivity contribution in [3.8, 4) is 5.75 Å². The van der Waals surface area contributed by atoms with Crippen LogP contribution in [-0.2, 0) is 14.6 Å². The molecule has 1 aliphatic rings. The Hall–Kier alpha value is -3.25. The number of imide groups is 1. The first kappa shape index (κ1) is 24.4. The number of nitrogens with zero attached hydrogens (tertiary/aromatic N) is 1. The fraction of sp³-hybridized carbons (Fsp3) is 0.190. The molecule has 0 spiro atoms. The van der Waals surface area contributed by atoms with E-state index in [1.165, 1.54) is 54.6 Å². The molecule has 0 aromatic heterocycles. The Morgan fingerprint density at radius 3 is 2.33 bits per heavy atom. The fourth-order valence-electron chi connectivity index (χ4n) is 2.83. The molecule has 0 bridgehead atoms. The van der Waals surface area contributed by atoms with Crippen molar-refractivity contribution in [3.63, 3.8) is 0 Å². The summed E-state index contributed by atoms with van der Waals surface area (Å²) in [4.78, 5) is 38.2. The fourth-order valence-corrected chi connectivity index (χ4v) is 4.32. The molecule has 0 atom stereocenters. The number of sulfone groups is 1. The standard InChI is InChI=1S/C21H18F2N2O6S2/c1-33(29,30)16-8-4-14(5-9-16)18(26)24-10-11-25-19(27)17(32-21(25)28)12-13-2-6-15(7-3-13)31-20(22)23/h2-9,12,20H,10-11H2,1H3,(H,24,26)/b17-12-. The van der Waals surface area contributed by atoms with E-state index in [4.69, 9.17) is 0 Å². The van der Waals surface area contributed by atoms with E-state index >= 15 is 0 Å². The van der Waals surface area contributed by atoms with E-state index < -0.39 is 33.5 Å². The summed E-state index contributed by atoms with van der Waals surface area (Å²) in [5, 5.41) is 2.07. The summed E-state index contributed by atoms with van der Waals surface area (Å²) in [6.45, 7) is -3.01. The minimum atomic E-state index is -3.38. The molecule has 1 saturated heterocycles. The predicted octanol–water partition coefficient (Wildman–Crippen LogP) is 3.16. The topological polar surface area (TPSA) is 110 Å². The second-order valence-corrected chi connectivity index (χ2v) is 9.84. The highest BCUT2D eigenvalue weighted by atomic mass is 32.2. The van der Waals surface area contributed by atoms with E-state index in [0.29, 0.717) is 5.56 Å². The first-order valence-corrected chi connectivity index (χ1v) is 12.1. The Labute approximate surface area is 192 Å². The third-order valence-electron chi connectivity index (χ3n) is 4.44. The van der Waals surface area contributed by atoms with Crippen LogP contribution in [0.2, 0.25) is 0 Å². The van der Waals surface area contributed by atoms with Gasteiger partial charge in [-0.3, -0.25) is 19.3 Å². The number of hydrogen-bond acceptors (Lipinski definition) is 7. The number of ether oxygens (including phenoxy) is 1. The van der Waals surface area contributed by atoms with Crippen molar-refractivity contribution in [1.82, 2.24) is 10.2 Å². The lowest BCUT2D eigenvalue weighted by Gasteiger charge is -2.13. The van der Waals surface area contributed by atoms with Crippen molar-refractivity contribution >= 4 is 44.7 Å². The lowest BCUT2D eigenvalue weighted by molar-refractivity contribution is -0.122. The van der Waals surface area contributed by atoms with Crippen molar-refractivity contribution in [2.45, 2.75) is 11.5 Å². The van der Waals surface area contributed by atoms with Crippen LogP contribution >= 0.6 is 11.8 Å². The van der Waals surface area contributed by atoms with Gasteiger partial charge in [0.05, 0.1) is 9.80 Å². The predicted molar refractivity (Wildman–Crippen MR) is 118 cm³/mol. The molecular formula is C21H18F2N2O6S2. The van der Waals surface area contributed by atoms with Gasteiger partial charge in [-0.25, -0.2) is 8.42 Å². The van der Waals surface area contributed by atoms with Gasteiger partial charge in [-0.15, -0.1) is 0 Å². The molecule has 0 saturated carbocycles. The molecule has 0 unspecified atom stereocenters. The number of hydrogen-bond donors (Lipinski definition) is 1. The van der Waals surface area contributed by atoms with Gasteiger partial charge in [-0.05, 0) is 59.8 Å². The van der Waals surface area contributed by atoms with E-state index in [0.717, 1.165) is 22.9 Å². The molecule has 12 heteroatoms. The maximum absolute atomic E-state index is 12.5. The van der Waals surface area contributed by atoms with Crippen LogP contribution in [0.15, 0.2) is 58.3 Å². The van der Waals surface area contributed by atoms with Crippen LogP contribution in [0.4, 0.5) is 13.6 Å². The summed E-state index contributed by atoms with van der Waals surface area (Å²) in [6.07, 6.45) is 2.52. The van der Waals surface area contributed by atoms with Gasteiger partial charge in [-0.1, -0.05) is 12.1 Å². The first-order valence-electron chi connectivity index (χ1n) is 9.43. The Morgan fingerprint density at radius 1 is 1.12 bits per heavy atom. The van der Waals surface area contributed by atoms with Crippen LogP contribution in [-0.4, -0.2) is 56.3 Å². The molecule has 2 aromatic rings.